The van der Waals surface area contributed by atoms with E-state index in [1.807, 2.05) is 19.3 Å². The lowest BCUT2D eigenvalue weighted by atomic mass is 9.99. The summed E-state index contributed by atoms with van der Waals surface area (Å²) < 4.78 is 0. The molecule has 0 amide bonds. The van der Waals surface area contributed by atoms with E-state index in [-0.39, 0.29) is 0 Å². The highest BCUT2D eigenvalue weighted by Crippen LogP contribution is 2.29. The number of hydrogen-bond donors (Lipinski definition) is 1. The fourth-order valence-corrected chi connectivity index (χ4v) is 2.85. The molecule has 0 spiro atoms. The van der Waals surface area contributed by atoms with Crippen LogP contribution in [-0.2, 0) is 13.0 Å². The van der Waals surface area contributed by atoms with Gasteiger partial charge in [-0.3, -0.25) is 0 Å². The average Bonchev–Trinajstić information content (AvgIpc) is 2.48. The van der Waals surface area contributed by atoms with E-state index in [2.05, 4.69) is 46.4 Å². The highest BCUT2D eigenvalue weighted by atomic mass is 15.1. The molecule has 0 atom stereocenters. The van der Waals surface area contributed by atoms with E-state index in [0.717, 1.165) is 18.9 Å². The summed E-state index contributed by atoms with van der Waals surface area (Å²) in [5.74, 6) is 0.920. The highest BCUT2D eigenvalue weighted by Gasteiger charge is 2.16. The molecule has 1 N–H and O–H groups in total. The van der Waals surface area contributed by atoms with Gasteiger partial charge in [-0.2, -0.15) is 0 Å². The van der Waals surface area contributed by atoms with Gasteiger partial charge in [-0.15, -0.1) is 0 Å². The number of aromatic nitrogens is 1. The summed E-state index contributed by atoms with van der Waals surface area (Å²) in [7, 11) is 1.89. The molecule has 3 rings (SSSR count). The fourth-order valence-electron chi connectivity index (χ4n) is 2.85. The third kappa shape index (κ3) is 2.62. The summed E-state index contributed by atoms with van der Waals surface area (Å²) in [5, 5.41) is 3.05. The first-order valence-corrected chi connectivity index (χ1v) is 7.23. The number of pyridine rings is 1. The number of nitrogens with one attached hydrogen (secondary N) is 1. The lowest BCUT2D eigenvalue weighted by molar-refractivity contribution is 0.690. The molecule has 0 unspecified atom stereocenters. The standard InChI is InChI=1S/C17H21N3/c1-13-5-7-16-15(10-13)4-3-9-20(16)12-14-6-8-17(18-2)19-11-14/h5-8,10-11H,3-4,9,12H2,1-2H3,(H,18,19). The molecular weight excluding hydrogens is 246 g/mol. The Morgan fingerprint density at radius 2 is 2.15 bits per heavy atom. The zero-order valence-electron chi connectivity index (χ0n) is 12.2. The van der Waals surface area contributed by atoms with Crippen LogP contribution in [0, 0.1) is 6.92 Å². The summed E-state index contributed by atoms with van der Waals surface area (Å²) in [6.45, 7) is 4.23. The van der Waals surface area contributed by atoms with Crippen molar-refractivity contribution in [3.8, 4) is 0 Å². The van der Waals surface area contributed by atoms with E-state index < -0.39 is 0 Å². The summed E-state index contributed by atoms with van der Waals surface area (Å²) in [6.07, 6.45) is 4.40. The number of anilines is 2. The second-order valence-corrected chi connectivity index (χ2v) is 5.46. The third-order valence-electron chi connectivity index (χ3n) is 3.90. The molecule has 0 bridgehead atoms. The second-order valence-electron chi connectivity index (χ2n) is 5.46. The first kappa shape index (κ1) is 13.0. The molecular formula is C17H21N3. The molecule has 3 heteroatoms. The van der Waals surface area contributed by atoms with Crippen LogP contribution in [-0.4, -0.2) is 18.6 Å². The van der Waals surface area contributed by atoms with Crippen molar-refractivity contribution < 1.29 is 0 Å². The van der Waals surface area contributed by atoms with Crippen molar-refractivity contribution in [1.82, 2.24) is 4.98 Å². The van der Waals surface area contributed by atoms with Crippen LogP contribution < -0.4 is 10.2 Å². The summed E-state index contributed by atoms with van der Waals surface area (Å²) in [4.78, 5) is 6.86. The van der Waals surface area contributed by atoms with E-state index in [1.54, 1.807) is 0 Å². The van der Waals surface area contributed by atoms with Gasteiger partial charge in [0.25, 0.3) is 0 Å². The molecule has 2 heterocycles. The number of nitrogens with zero attached hydrogens (tertiary/aromatic N) is 2. The molecule has 2 aromatic rings. The molecule has 0 fully saturated rings. The number of benzene rings is 1. The van der Waals surface area contributed by atoms with Crippen molar-refractivity contribution in [2.24, 2.45) is 0 Å². The van der Waals surface area contributed by atoms with Crippen LogP contribution >= 0.6 is 0 Å². The van der Waals surface area contributed by atoms with Crippen molar-refractivity contribution >= 4 is 11.5 Å². The van der Waals surface area contributed by atoms with Gasteiger partial charge in [-0.05, 0) is 43.0 Å². The lowest BCUT2D eigenvalue weighted by Crippen LogP contribution is -2.28. The normalized spacial score (nSPS) is 14.0. The van der Waals surface area contributed by atoms with Gasteiger partial charge in [0.2, 0.25) is 0 Å². The topological polar surface area (TPSA) is 28.2 Å². The number of hydrogen-bond acceptors (Lipinski definition) is 3. The van der Waals surface area contributed by atoms with Crippen molar-refractivity contribution in [2.75, 3.05) is 23.8 Å². The van der Waals surface area contributed by atoms with Crippen molar-refractivity contribution in [3.05, 3.63) is 53.2 Å². The average molecular weight is 267 g/mol. The van der Waals surface area contributed by atoms with Crippen LogP contribution in [0.3, 0.4) is 0 Å². The van der Waals surface area contributed by atoms with Crippen molar-refractivity contribution in [3.63, 3.8) is 0 Å². The molecule has 0 saturated carbocycles. The summed E-state index contributed by atoms with van der Waals surface area (Å²) >= 11 is 0. The Hall–Kier alpha value is -2.03. The largest absolute Gasteiger partial charge is 0.373 e. The predicted octanol–water partition coefficient (Wildman–Crippen LogP) is 3.38. The minimum atomic E-state index is 0.920. The maximum absolute atomic E-state index is 4.39. The van der Waals surface area contributed by atoms with Gasteiger partial charge in [0, 0.05) is 32.0 Å². The van der Waals surface area contributed by atoms with Crippen molar-refractivity contribution in [1.29, 1.82) is 0 Å². The molecule has 104 valence electrons. The first-order valence-electron chi connectivity index (χ1n) is 7.23. The zero-order valence-corrected chi connectivity index (χ0v) is 12.2. The fraction of sp³-hybridized carbons (Fsp3) is 0.353. The Bertz CT molecular complexity index is 590. The molecule has 0 aliphatic carbocycles. The Morgan fingerprint density at radius 3 is 2.90 bits per heavy atom. The number of aryl methyl sites for hydroxylation is 2. The van der Waals surface area contributed by atoms with Gasteiger partial charge in [0.15, 0.2) is 0 Å². The molecule has 0 radical (unpaired) electrons. The van der Waals surface area contributed by atoms with Crippen LogP contribution in [0.15, 0.2) is 36.5 Å². The summed E-state index contributed by atoms with van der Waals surface area (Å²) in [5.41, 5.74) is 5.48. The maximum Gasteiger partial charge on any atom is 0.125 e. The van der Waals surface area contributed by atoms with E-state index >= 15 is 0 Å². The molecule has 3 nitrogen and oxygen atoms in total. The minimum absolute atomic E-state index is 0.920. The van der Waals surface area contributed by atoms with Gasteiger partial charge in [-0.1, -0.05) is 23.8 Å². The highest BCUT2D eigenvalue weighted by molar-refractivity contribution is 5.57. The van der Waals surface area contributed by atoms with Gasteiger partial charge in [0.1, 0.15) is 5.82 Å². The predicted molar refractivity (Wildman–Crippen MR) is 84.3 cm³/mol. The quantitative estimate of drug-likeness (QED) is 0.924. The van der Waals surface area contributed by atoms with Crippen LogP contribution in [0.1, 0.15) is 23.1 Å². The molecule has 20 heavy (non-hydrogen) atoms. The van der Waals surface area contributed by atoms with E-state index in [0.29, 0.717) is 0 Å². The Kier molecular flexibility index (Phi) is 3.59. The van der Waals surface area contributed by atoms with Crippen LogP contribution in [0.5, 0.6) is 0 Å². The van der Waals surface area contributed by atoms with Gasteiger partial charge >= 0.3 is 0 Å². The molecule has 1 aliphatic heterocycles. The zero-order chi connectivity index (χ0) is 13.9. The minimum Gasteiger partial charge on any atom is -0.373 e. The molecule has 1 aromatic carbocycles. The lowest BCUT2D eigenvalue weighted by Gasteiger charge is -2.31. The third-order valence-corrected chi connectivity index (χ3v) is 3.90. The number of rotatable bonds is 3. The first-order chi connectivity index (χ1) is 9.76. The van der Waals surface area contributed by atoms with Crippen molar-refractivity contribution in [2.45, 2.75) is 26.3 Å². The Balaban J connectivity index is 1.81. The van der Waals surface area contributed by atoms with Gasteiger partial charge in [0.05, 0.1) is 0 Å². The SMILES string of the molecule is CNc1ccc(CN2CCCc3cc(C)ccc32)cn1. The molecule has 0 saturated heterocycles. The van der Waals surface area contributed by atoms with Gasteiger partial charge < -0.3 is 10.2 Å². The Morgan fingerprint density at radius 1 is 1.25 bits per heavy atom. The molecule has 1 aromatic heterocycles. The van der Waals surface area contributed by atoms with E-state index in [1.165, 1.54) is 35.2 Å². The second kappa shape index (κ2) is 5.53. The maximum atomic E-state index is 4.39. The van der Waals surface area contributed by atoms with E-state index in [9.17, 15) is 0 Å². The van der Waals surface area contributed by atoms with Crippen LogP contribution in [0.2, 0.25) is 0 Å². The molecule has 1 aliphatic rings. The Labute approximate surface area is 120 Å². The van der Waals surface area contributed by atoms with E-state index in [4.69, 9.17) is 0 Å². The monoisotopic (exact) mass is 267 g/mol. The number of fused-ring (bicyclic) bond motifs is 1. The van der Waals surface area contributed by atoms with Crippen LogP contribution in [0.25, 0.3) is 0 Å². The van der Waals surface area contributed by atoms with Gasteiger partial charge in [-0.25, -0.2) is 4.98 Å². The smallest absolute Gasteiger partial charge is 0.125 e. The summed E-state index contributed by atoms with van der Waals surface area (Å²) in [6, 6.07) is 11.0. The van der Waals surface area contributed by atoms with Crippen LogP contribution in [0.4, 0.5) is 11.5 Å².